The molecule has 0 saturated carbocycles. The van der Waals surface area contributed by atoms with Gasteiger partial charge >= 0.3 is 5.97 Å². The molecule has 0 saturated heterocycles. The third-order valence-electron chi connectivity index (χ3n) is 5.49. The summed E-state index contributed by atoms with van der Waals surface area (Å²) in [6.45, 7) is 0. The van der Waals surface area contributed by atoms with Crippen molar-refractivity contribution < 1.29 is 19.0 Å². The summed E-state index contributed by atoms with van der Waals surface area (Å²) in [5.74, 6) is -0.417. The third-order valence-corrected chi connectivity index (χ3v) is 6.60. The summed E-state index contributed by atoms with van der Waals surface area (Å²) in [5.41, 5.74) is 7.56. The summed E-state index contributed by atoms with van der Waals surface area (Å²) < 4.78 is 17.5. The summed E-state index contributed by atoms with van der Waals surface area (Å²) in [7, 11) is 4.31. The van der Waals surface area contributed by atoms with Crippen LogP contribution in [0.2, 0.25) is 0 Å². The van der Waals surface area contributed by atoms with Crippen LogP contribution >= 0.6 is 11.3 Å². The Labute approximate surface area is 199 Å². The molecule has 0 radical (unpaired) electrons. The summed E-state index contributed by atoms with van der Waals surface area (Å²) in [5, 5.41) is 10.1. The maximum absolute atomic E-state index is 13.3. The maximum Gasteiger partial charge on any atom is 0.338 e. The van der Waals surface area contributed by atoms with Gasteiger partial charge in [-0.25, -0.2) is 4.79 Å². The van der Waals surface area contributed by atoms with Crippen LogP contribution in [0.4, 0.5) is 0 Å². The Hall–Kier alpha value is -4.29. The van der Waals surface area contributed by atoms with Gasteiger partial charge in [0.25, 0.3) is 5.56 Å². The standard InChI is InChI=1S/C25H21N3O5S/c1-31-16-8-4-6-14(10-16)11-19-23(29)28-22(27)21(25(30)33-3)20(18(13-26)24(28)34-19)15-7-5-9-17(12-15)32-2/h4-12,20H,27H2,1-3H3/b19-11-. The van der Waals surface area contributed by atoms with Crippen molar-refractivity contribution in [1.82, 2.24) is 4.57 Å². The number of nitriles is 1. The van der Waals surface area contributed by atoms with Crippen molar-refractivity contribution >= 4 is 34.8 Å². The molecule has 172 valence electrons. The van der Waals surface area contributed by atoms with Crippen molar-refractivity contribution in [3.63, 3.8) is 0 Å². The van der Waals surface area contributed by atoms with Crippen molar-refractivity contribution in [2.75, 3.05) is 21.3 Å². The second-order valence-electron chi connectivity index (χ2n) is 7.36. The molecule has 0 fully saturated rings. The lowest BCUT2D eigenvalue weighted by Crippen LogP contribution is -2.40. The molecule has 0 bridgehead atoms. The molecule has 2 aromatic carbocycles. The van der Waals surface area contributed by atoms with Gasteiger partial charge in [-0.2, -0.15) is 5.26 Å². The molecular weight excluding hydrogens is 454 g/mol. The van der Waals surface area contributed by atoms with Crippen LogP contribution in [0.1, 0.15) is 17.0 Å². The molecule has 9 heteroatoms. The predicted octanol–water partition coefficient (Wildman–Crippen LogP) is 1.53. The van der Waals surface area contributed by atoms with Gasteiger partial charge < -0.3 is 19.9 Å². The van der Waals surface area contributed by atoms with Gasteiger partial charge in [0.15, 0.2) is 0 Å². The summed E-state index contributed by atoms with van der Waals surface area (Å²) >= 11 is 1.13. The number of benzene rings is 2. The number of fused-ring (bicyclic) bond motifs is 1. The lowest BCUT2D eigenvalue weighted by atomic mass is 9.83. The molecule has 1 aliphatic heterocycles. The zero-order valence-electron chi connectivity index (χ0n) is 18.7. The minimum Gasteiger partial charge on any atom is -0.497 e. The number of ether oxygens (including phenoxy) is 3. The molecule has 1 aromatic heterocycles. The second kappa shape index (κ2) is 9.29. The van der Waals surface area contributed by atoms with Crippen LogP contribution in [0.3, 0.4) is 0 Å². The number of rotatable bonds is 5. The highest BCUT2D eigenvalue weighted by molar-refractivity contribution is 7.07. The van der Waals surface area contributed by atoms with Gasteiger partial charge in [-0.3, -0.25) is 9.36 Å². The molecule has 2 heterocycles. The van der Waals surface area contributed by atoms with Crippen LogP contribution < -0.4 is 30.0 Å². The Bertz CT molecular complexity index is 1540. The van der Waals surface area contributed by atoms with Crippen LogP contribution in [0, 0.1) is 11.3 Å². The van der Waals surface area contributed by atoms with Gasteiger partial charge in [0, 0.05) is 0 Å². The minimum atomic E-state index is -0.824. The van der Waals surface area contributed by atoms with Crippen molar-refractivity contribution in [3.05, 3.63) is 84.8 Å². The van der Waals surface area contributed by atoms with E-state index in [4.69, 9.17) is 19.9 Å². The van der Waals surface area contributed by atoms with E-state index in [1.807, 2.05) is 12.1 Å². The topological polar surface area (TPSA) is 117 Å². The van der Waals surface area contributed by atoms with E-state index in [2.05, 4.69) is 6.07 Å². The maximum atomic E-state index is 13.3. The monoisotopic (exact) mass is 475 g/mol. The van der Waals surface area contributed by atoms with E-state index in [9.17, 15) is 14.9 Å². The van der Waals surface area contributed by atoms with Crippen LogP contribution in [0.5, 0.6) is 11.5 Å². The van der Waals surface area contributed by atoms with Crippen molar-refractivity contribution in [3.8, 4) is 17.6 Å². The SMILES string of the molecule is COC(=O)C1=C(N)n2c(s/c(=C\c3cccc(OC)c3)c2=O)=C(C#N)C1c1cccc(OC)c1. The zero-order valence-corrected chi connectivity index (χ0v) is 19.5. The van der Waals surface area contributed by atoms with Gasteiger partial charge in [0.2, 0.25) is 0 Å². The van der Waals surface area contributed by atoms with E-state index in [1.165, 1.54) is 18.8 Å². The van der Waals surface area contributed by atoms with E-state index < -0.39 is 17.4 Å². The molecule has 4 rings (SSSR count). The fourth-order valence-corrected chi connectivity index (χ4v) is 5.03. The zero-order chi connectivity index (χ0) is 24.4. The number of thiazole rings is 1. The number of esters is 1. The molecule has 0 amide bonds. The van der Waals surface area contributed by atoms with E-state index in [0.29, 0.717) is 26.3 Å². The number of aromatic nitrogens is 1. The van der Waals surface area contributed by atoms with Crippen LogP contribution in [0.15, 0.2) is 58.9 Å². The normalized spacial score (nSPS) is 15.5. The number of carbonyl (C=O) groups excluding carboxylic acids is 1. The van der Waals surface area contributed by atoms with Crippen molar-refractivity contribution in [2.45, 2.75) is 5.92 Å². The van der Waals surface area contributed by atoms with E-state index >= 15 is 0 Å². The van der Waals surface area contributed by atoms with Crippen LogP contribution in [-0.4, -0.2) is 31.9 Å². The van der Waals surface area contributed by atoms with Gasteiger partial charge in [-0.1, -0.05) is 24.3 Å². The number of nitrogens with two attached hydrogens (primary N) is 1. The largest absolute Gasteiger partial charge is 0.497 e. The lowest BCUT2D eigenvalue weighted by Gasteiger charge is -2.25. The van der Waals surface area contributed by atoms with Crippen molar-refractivity contribution in [1.29, 1.82) is 5.26 Å². The first-order chi connectivity index (χ1) is 16.4. The smallest absolute Gasteiger partial charge is 0.338 e. The van der Waals surface area contributed by atoms with Gasteiger partial charge in [-0.05, 0) is 41.5 Å². The Morgan fingerprint density at radius 1 is 1.12 bits per heavy atom. The van der Waals surface area contributed by atoms with E-state index in [1.54, 1.807) is 49.6 Å². The molecule has 2 N–H and O–H groups in total. The number of methoxy groups -OCH3 is 3. The molecule has 34 heavy (non-hydrogen) atoms. The van der Waals surface area contributed by atoms with Gasteiger partial charge in [0.1, 0.15) is 22.0 Å². The molecular formula is C25H21N3O5S. The molecule has 3 aromatic rings. The first-order valence-corrected chi connectivity index (χ1v) is 11.0. The average molecular weight is 476 g/mol. The minimum absolute atomic E-state index is 0.0210. The fourth-order valence-electron chi connectivity index (χ4n) is 3.90. The summed E-state index contributed by atoms with van der Waals surface area (Å²) in [4.78, 5) is 26.2. The summed E-state index contributed by atoms with van der Waals surface area (Å²) in [6, 6.07) is 16.4. The Kier molecular flexibility index (Phi) is 6.25. The highest BCUT2D eigenvalue weighted by Gasteiger charge is 2.36. The molecule has 0 spiro atoms. The fraction of sp³-hybridized carbons (Fsp3) is 0.160. The first-order valence-electron chi connectivity index (χ1n) is 10.2. The Morgan fingerprint density at radius 3 is 2.44 bits per heavy atom. The quantitative estimate of drug-likeness (QED) is 0.556. The first kappa shape index (κ1) is 22.9. The highest BCUT2D eigenvalue weighted by Crippen LogP contribution is 2.37. The number of hydrogen-bond acceptors (Lipinski definition) is 8. The van der Waals surface area contributed by atoms with Gasteiger partial charge in [-0.15, -0.1) is 11.3 Å². The lowest BCUT2D eigenvalue weighted by molar-refractivity contribution is -0.136. The Morgan fingerprint density at radius 2 is 1.79 bits per heavy atom. The number of carbonyl (C=O) groups is 1. The van der Waals surface area contributed by atoms with E-state index in [0.717, 1.165) is 16.9 Å². The third kappa shape index (κ3) is 3.84. The average Bonchev–Trinajstić information content (AvgIpc) is 3.19. The van der Waals surface area contributed by atoms with E-state index in [-0.39, 0.29) is 17.0 Å². The number of nitrogens with zero attached hydrogens (tertiary/aromatic N) is 2. The second-order valence-corrected chi connectivity index (χ2v) is 8.39. The highest BCUT2D eigenvalue weighted by atomic mass is 32.1. The molecule has 8 nitrogen and oxygen atoms in total. The predicted molar refractivity (Wildman–Crippen MR) is 129 cm³/mol. The molecule has 1 unspecified atom stereocenters. The van der Waals surface area contributed by atoms with Crippen LogP contribution in [-0.2, 0) is 9.53 Å². The molecule has 1 aliphatic rings. The van der Waals surface area contributed by atoms with Crippen LogP contribution in [0.25, 0.3) is 17.5 Å². The molecule has 0 aliphatic carbocycles. The number of hydrogen-bond donors (Lipinski definition) is 1. The van der Waals surface area contributed by atoms with Gasteiger partial charge in [0.05, 0.1) is 49.0 Å². The summed E-state index contributed by atoms with van der Waals surface area (Å²) in [6.07, 6.45) is 1.70. The Balaban J connectivity index is 2.06. The molecule has 1 atom stereocenters. The van der Waals surface area contributed by atoms with Crippen molar-refractivity contribution in [2.24, 2.45) is 5.73 Å².